The third kappa shape index (κ3) is 4.28. The van der Waals surface area contributed by atoms with Gasteiger partial charge in [-0.05, 0) is 63.4 Å². The number of nitrogens with one attached hydrogen (secondary N) is 2. The van der Waals surface area contributed by atoms with Crippen molar-refractivity contribution in [2.24, 2.45) is 5.92 Å². The molecule has 1 unspecified atom stereocenters. The normalized spacial score (nSPS) is 17.7. The molecule has 6 heteroatoms. The van der Waals surface area contributed by atoms with Gasteiger partial charge >= 0.3 is 0 Å². The molecule has 1 aliphatic rings. The van der Waals surface area contributed by atoms with Crippen LogP contribution in [-0.2, 0) is 0 Å². The number of rotatable bonds is 4. The number of carbonyl (C=O) groups excluding carboxylic acids is 1. The molecule has 126 valence electrons. The van der Waals surface area contributed by atoms with E-state index >= 15 is 0 Å². The number of halogens is 2. The highest BCUT2D eigenvalue weighted by Crippen LogP contribution is 2.28. The van der Waals surface area contributed by atoms with Gasteiger partial charge in [0.25, 0.3) is 5.91 Å². The summed E-state index contributed by atoms with van der Waals surface area (Å²) in [5.74, 6) is 0.977. The lowest BCUT2D eigenvalue weighted by Gasteiger charge is -2.22. The van der Waals surface area contributed by atoms with Crippen molar-refractivity contribution >= 4 is 45.2 Å². The number of hydrogen-bond acceptors (Lipinski definition) is 3. The third-order valence-electron chi connectivity index (χ3n) is 4.34. The quantitative estimate of drug-likeness (QED) is 0.813. The van der Waals surface area contributed by atoms with Crippen LogP contribution in [0.25, 0.3) is 11.0 Å². The Morgan fingerprint density at radius 2 is 2.30 bits per heavy atom. The Bertz CT molecular complexity index is 681. The monoisotopic (exact) mass is 400 g/mol. The summed E-state index contributed by atoms with van der Waals surface area (Å²) in [6.45, 7) is 4.81. The molecule has 4 nitrogen and oxygen atoms in total. The fourth-order valence-corrected chi connectivity index (χ4v) is 3.41. The van der Waals surface area contributed by atoms with Crippen molar-refractivity contribution in [3.8, 4) is 0 Å². The first-order chi connectivity index (χ1) is 10.6. The van der Waals surface area contributed by atoms with Gasteiger partial charge < -0.3 is 15.1 Å². The largest absolute Gasteiger partial charge is 0.451 e. The van der Waals surface area contributed by atoms with Gasteiger partial charge in [0.1, 0.15) is 5.58 Å². The Hall–Kier alpha value is -1.04. The van der Waals surface area contributed by atoms with E-state index in [1.54, 1.807) is 0 Å². The first-order valence-corrected chi connectivity index (χ1v) is 8.62. The minimum atomic E-state index is -0.117. The summed E-state index contributed by atoms with van der Waals surface area (Å²) in [5.41, 5.74) is 1.65. The van der Waals surface area contributed by atoms with Crippen molar-refractivity contribution in [1.82, 2.24) is 10.6 Å². The van der Waals surface area contributed by atoms with Gasteiger partial charge in [0.15, 0.2) is 5.76 Å². The summed E-state index contributed by atoms with van der Waals surface area (Å²) in [6.07, 6.45) is 3.50. The molecular formula is C17H22BrClN2O2. The highest BCUT2D eigenvalue weighted by Gasteiger charge is 2.18. The fraction of sp³-hybridized carbons (Fsp3) is 0.471. The summed E-state index contributed by atoms with van der Waals surface area (Å²) in [4.78, 5) is 12.3. The van der Waals surface area contributed by atoms with E-state index in [-0.39, 0.29) is 18.3 Å². The molecule has 1 fully saturated rings. The van der Waals surface area contributed by atoms with Crippen molar-refractivity contribution in [2.45, 2.75) is 26.2 Å². The van der Waals surface area contributed by atoms with E-state index in [0.717, 1.165) is 40.5 Å². The number of piperidine rings is 1. The molecule has 1 aromatic heterocycles. The van der Waals surface area contributed by atoms with Crippen LogP contribution in [0.3, 0.4) is 0 Å². The van der Waals surface area contributed by atoms with Crippen molar-refractivity contribution in [1.29, 1.82) is 0 Å². The number of hydrogen-bond donors (Lipinski definition) is 2. The Morgan fingerprint density at radius 1 is 1.48 bits per heavy atom. The minimum absolute atomic E-state index is 0. The Kier molecular flexibility index (Phi) is 6.50. The SMILES string of the molecule is Cc1c(C(=O)NCCC2CCCNC2)oc2ccc(Br)cc12.Cl. The van der Waals surface area contributed by atoms with Gasteiger partial charge in [-0.15, -0.1) is 12.4 Å². The lowest BCUT2D eigenvalue weighted by Crippen LogP contribution is -2.33. The van der Waals surface area contributed by atoms with Gasteiger partial charge in [-0.2, -0.15) is 0 Å². The molecule has 3 rings (SSSR count). The van der Waals surface area contributed by atoms with Crippen LogP contribution in [-0.4, -0.2) is 25.5 Å². The molecule has 0 aliphatic carbocycles. The topological polar surface area (TPSA) is 54.3 Å². The van der Waals surface area contributed by atoms with Crippen LogP contribution >= 0.6 is 28.3 Å². The summed E-state index contributed by atoms with van der Waals surface area (Å²) >= 11 is 3.45. The predicted octanol–water partition coefficient (Wildman–Crippen LogP) is 4.05. The predicted molar refractivity (Wildman–Crippen MR) is 98.4 cm³/mol. The van der Waals surface area contributed by atoms with Crippen LogP contribution in [0.15, 0.2) is 27.1 Å². The number of amides is 1. The molecule has 0 radical (unpaired) electrons. The molecule has 2 N–H and O–H groups in total. The van der Waals surface area contributed by atoms with Crippen LogP contribution in [0, 0.1) is 12.8 Å². The zero-order valence-electron chi connectivity index (χ0n) is 13.2. The standard InChI is InChI=1S/C17H21BrN2O2.ClH/c1-11-14-9-13(18)4-5-15(14)22-16(11)17(21)20-8-6-12-3-2-7-19-10-12;/h4-5,9,12,19H,2-3,6-8,10H2,1H3,(H,20,21);1H. The number of fused-ring (bicyclic) bond motifs is 1. The van der Waals surface area contributed by atoms with E-state index in [1.165, 1.54) is 12.8 Å². The maximum atomic E-state index is 12.3. The number of carbonyl (C=O) groups is 1. The van der Waals surface area contributed by atoms with Gasteiger partial charge in [-0.25, -0.2) is 0 Å². The van der Waals surface area contributed by atoms with E-state index in [4.69, 9.17) is 4.42 Å². The lowest BCUT2D eigenvalue weighted by molar-refractivity contribution is 0.0924. The van der Waals surface area contributed by atoms with E-state index in [1.807, 2.05) is 25.1 Å². The smallest absolute Gasteiger partial charge is 0.287 e. The van der Waals surface area contributed by atoms with Crippen molar-refractivity contribution in [3.05, 3.63) is 34.0 Å². The average molecular weight is 402 g/mol. The first-order valence-electron chi connectivity index (χ1n) is 7.82. The van der Waals surface area contributed by atoms with Crippen molar-refractivity contribution < 1.29 is 9.21 Å². The lowest BCUT2D eigenvalue weighted by atomic mass is 9.96. The minimum Gasteiger partial charge on any atom is -0.451 e. The molecule has 0 bridgehead atoms. The number of aryl methyl sites for hydroxylation is 1. The van der Waals surface area contributed by atoms with Gasteiger partial charge in [0.2, 0.25) is 0 Å². The molecule has 0 spiro atoms. The van der Waals surface area contributed by atoms with Gasteiger partial charge in [0.05, 0.1) is 0 Å². The van der Waals surface area contributed by atoms with Crippen LogP contribution < -0.4 is 10.6 Å². The zero-order valence-corrected chi connectivity index (χ0v) is 15.6. The summed E-state index contributed by atoms with van der Waals surface area (Å²) in [7, 11) is 0. The average Bonchev–Trinajstić information content (AvgIpc) is 2.85. The first kappa shape index (κ1) is 18.3. The Morgan fingerprint density at radius 3 is 3.04 bits per heavy atom. The molecule has 23 heavy (non-hydrogen) atoms. The molecule has 2 heterocycles. The second-order valence-corrected chi connectivity index (χ2v) is 6.87. The van der Waals surface area contributed by atoms with E-state index in [0.29, 0.717) is 18.2 Å². The van der Waals surface area contributed by atoms with Crippen molar-refractivity contribution in [2.75, 3.05) is 19.6 Å². The maximum Gasteiger partial charge on any atom is 0.287 e. The molecule has 1 aromatic carbocycles. The number of furan rings is 1. The van der Waals surface area contributed by atoms with Crippen LogP contribution in [0.4, 0.5) is 0 Å². The second-order valence-electron chi connectivity index (χ2n) is 5.95. The van der Waals surface area contributed by atoms with Gasteiger partial charge in [0, 0.05) is 22.0 Å². The maximum absolute atomic E-state index is 12.3. The summed E-state index contributed by atoms with van der Waals surface area (Å²) < 4.78 is 6.70. The van der Waals surface area contributed by atoms with E-state index in [9.17, 15) is 4.79 Å². The van der Waals surface area contributed by atoms with E-state index < -0.39 is 0 Å². The molecule has 1 aliphatic heterocycles. The summed E-state index contributed by atoms with van der Waals surface area (Å²) in [6, 6.07) is 5.79. The molecule has 2 aromatic rings. The fourth-order valence-electron chi connectivity index (χ4n) is 3.05. The van der Waals surface area contributed by atoms with Crippen LogP contribution in [0.5, 0.6) is 0 Å². The summed E-state index contributed by atoms with van der Waals surface area (Å²) in [5, 5.41) is 7.37. The third-order valence-corrected chi connectivity index (χ3v) is 4.83. The van der Waals surface area contributed by atoms with E-state index in [2.05, 4.69) is 26.6 Å². The molecule has 1 saturated heterocycles. The van der Waals surface area contributed by atoms with Crippen LogP contribution in [0.2, 0.25) is 0 Å². The molecular weight excluding hydrogens is 380 g/mol. The highest BCUT2D eigenvalue weighted by atomic mass is 79.9. The zero-order chi connectivity index (χ0) is 15.5. The number of benzene rings is 1. The van der Waals surface area contributed by atoms with Gasteiger partial charge in [-0.1, -0.05) is 15.9 Å². The molecule has 1 atom stereocenters. The molecule has 1 amide bonds. The second kappa shape index (κ2) is 8.18. The Labute approximate surface area is 150 Å². The van der Waals surface area contributed by atoms with Crippen molar-refractivity contribution in [3.63, 3.8) is 0 Å². The highest BCUT2D eigenvalue weighted by molar-refractivity contribution is 9.10. The van der Waals surface area contributed by atoms with Crippen LogP contribution in [0.1, 0.15) is 35.4 Å². The van der Waals surface area contributed by atoms with Gasteiger partial charge in [-0.3, -0.25) is 4.79 Å². The molecule has 0 saturated carbocycles. The Balaban J connectivity index is 0.00000192.